The zero-order valence-corrected chi connectivity index (χ0v) is 15.1. The van der Waals surface area contributed by atoms with E-state index in [2.05, 4.69) is 15.3 Å². The average molecular weight is 423 g/mol. The third-order valence-electron chi connectivity index (χ3n) is 4.01. The lowest BCUT2D eigenvalue weighted by Gasteiger charge is -2.06. The van der Waals surface area contributed by atoms with Crippen molar-refractivity contribution in [2.75, 3.05) is 0 Å². The number of halogens is 4. The Bertz CT molecular complexity index is 1230. The number of rotatable bonds is 4. The van der Waals surface area contributed by atoms with Gasteiger partial charge in [-0.05, 0) is 24.3 Å². The van der Waals surface area contributed by atoms with Gasteiger partial charge >= 0.3 is 11.9 Å². The molecule has 0 fully saturated rings. The number of hydrogen-bond acceptors (Lipinski definition) is 6. The summed E-state index contributed by atoms with van der Waals surface area (Å²) in [5.74, 6) is -0.691. The molecule has 0 amide bonds. The summed E-state index contributed by atoms with van der Waals surface area (Å²) >= 11 is 6.14. The molecule has 0 atom stereocenters. The number of hydrogen-bond donors (Lipinski definition) is 0. The van der Waals surface area contributed by atoms with E-state index in [1.165, 1.54) is 12.1 Å². The minimum absolute atomic E-state index is 0.0176. The van der Waals surface area contributed by atoms with Crippen molar-refractivity contribution in [2.45, 2.75) is 12.7 Å². The predicted octanol–water partition coefficient (Wildman–Crippen LogP) is 4.27. The summed E-state index contributed by atoms with van der Waals surface area (Å²) < 4.78 is 49.6. The molecule has 7 nitrogen and oxygen atoms in total. The Hall–Kier alpha value is -3.40. The summed E-state index contributed by atoms with van der Waals surface area (Å²) in [5, 5.41) is 7.77. The van der Waals surface area contributed by atoms with E-state index >= 15 is 0 Å². The molecule has 148 valence electrons. The SMILES string of the molecule is O=c1onc(-c2ccccc2Cl)n1Cc1nc(-c2cccc(C(F)(F)F)c2)no1. The normalized spacial score (nSPS) is 11.7. The van der Waals surface area contributed by atoms with Crippen LogP contribution in [0.15, 0.2) is 62.4 Å². The molecule has 4 aromatic rings. The molecular weight excluding hydrogens is 413 g/mol. The van der Waals surface area contributed by atoms with Gasteiger partial charge in [-0.3, -0.25) is 4.52 Å². The van der Waals surface area contributed by atoms with Crippen LogP contribution in [-0.2, 0) is 12.7 Å². The van der Waals surface area contributed by atoms with Gasteiger partial charge in [-0.25, -0.2) is 9.36 Å². The van der Waals surface area contributed by atoms with Gasteiger partial charge in [-0.1, -0.05) is 46.2 Å². The lowest BCUT2D eigenvalue weighted by atomic mass is 10.1. The second kappa shape index (κ2) is 7.21. The summed E-state index contributed by atoms with van der Waals surface area (Å²) in [4.78, 5) is 16.1. The molecule has 2 aromatic carbocycles. The lowest BCUT2D eigenvalue weighted by Crippen LogP contribution is -2.16. The van der Waals surface area contributed by atoms with Crippen LogP contribution in [0.25, 0.3) is 22.8 Å². The molecule has 0 radical (unpaired) electrons. The fraction of sp³-hybridized carbons (Fsp3) is 0.111. The fourth-order valence-corrected chi connectivity index (χ4v) is 2.87. The second-order valence-electron chi connectivity index (χ2n) is 5.93. The standard InChI is InChI=1S/C18H10ClF3N4O3/c19-13-7-2-1-6-12(13)16-25-29-17(27)26(16)9-14-23-15(24-28-14)10-4-3-5-11(8-10)18(20,21)22/h1-8H,9H2. The molecule has 11 heteroatoms. The maximum Gasteiger partial charge on any atom is 0.442 e. The number of nitrogens with zero attached hydrogens (tertiary/aromatic N) is 4. The largest absolute Gasteiger partial charge is 0.442 e. The topological polar surface area (TPSA) is 87.0 Å². The summed E-state index contributed by atoms with van der Waals surface area (Å²) in [6.45, 7) is -0.200. The van der Waals surface area contributed by atoms with Gasteiger partial charge in [0.15, 0.2) is 5.82 Å². The van der Waals surface area contributed by atoms with Crippen molar-refractivity contribution >= 4 is 11.6 Å². The Morgan fingerprint density at radius 1 is 1.03 bits per heavy atom. The molecule has 2 heterocycles. The van der Waals surface area contributed by atoms with E-state index in [-0.39, 0.29) is 29.6 Å². The van der Waals surface area contributed by atoms with Crippen LogP contribution in [0.5, 0.6) is 0 Å². The van der Waals surface area contributed by atoms with Crippen LogP contribution >= 0.6 is 11.6 Å². The van der Waals surface area contributed by atoms with Gasteiger partial charge in [-0.15, -0.1) is 0 Å². The molecule has 0 aliphatic rings. The maximum absolute atomic E-state index is 12.9. The average Bonchev–Trinajstić information content (AvgIpc) is 3.30. The van der Waals surface area contributed by atoms with E-state index in [4.69, 9.17) is 20.6 Å². The molecular formula is C18H10ClF3N4O3. The first-order valence-electron chi connectivity index (χ1n) is 8.14. The van der Waals surface area contributed by atoms with E-state index < -0.39 is 17.5 Å². The van der Waals surface area contributed by atoms with E-state index in [1.54, 1.807) is 24.3 Å². The monoisotopic (exact) mass is 422 g/mol. The molecule has 0 saturated heterocycles. The Morgan fingerprint density at radius 3 is 2.59 bits per heavy atom. The second-order valence-corrected chi connectivity index (χ2v) is 6.34. The van der Waals surface area contributed by atoms with Crippen LogP contribution in [0.2, 0.25) is 5.02 Å². The Labute approximate surface area is 165 Å². The number of benzene rings is 2. The van der Waals surface area contributed by atoms with E-state index in [0.717, 1.165) is 16.7 Å². The van der Waals surface area contributed by atoms with Gasteiger partial charge < -0.3 is 4.52 Å². The van der Waals surface area contributed by atoms with Crippen LogP contribution in [-0.4, -0.2) is 19.9 Å². The first-order chi connectivity index (χ1) is 13.8. The predicted molar refractivity (Wildman–Crippen MR) is 95.0 cm³/mol. The van der Waals surface area contributed by atoms with Crippen molar-refractivity contribution < 1.29 is 22.2 Å². The van der Waals surface area contributed by atoms with Crippen molar-refractivity contribution in [3.05, 3.63) is 75.6 Å². The molecule has 0 unspecified atom stereocenters. The molecule has 0 bridgehead atoms. The molecule has 0 spiro atoms. The summed E-state index contributed by atoms with van der Waals surface area (Å²) in [6, 6.07) is 11.2. The minimum atomic E-state index is -4.50. The lowest BCUT2D eigenvalue weighted by molar-refractivity contribution is -0.137. The molecule has 0 saturated carbocycles. The van der Waals surface area contributed by atoms with Gasteiger partial charge in [0.1, 0.15) is 6.54 Å². The maximum atomic E-state index is 12.9. The van der Waals surface area contributed by atoms with Crippen molar-refractivity contribution in [1.29, 1.82) is 0 Å². The van der Waals surface area contributed by atoms with E-state index in [1.807, 2.05) is 0 Å². The van der Waals surface area contributed by atoms with Crippen LogP contribution in [0.3, 0.4) is 0 Å². The first-order valence-corrected chi connectivity index (χ1v) is 8.52. The van der Waals surface area contributed by atoms with Crippen molar-refractivity contribution in [3.63, 3.8) is 0 Å². The summed E-state index contributed by atoms with van der Waals surface area (Å²) in [7, 11) is 0. The molecule has 0 aliphatic heterocycles. The summed E-state index contributed by atoms with van der Waals surface area (Å²) in [6.07, 6.45) is -4.50. The zero-order valence-electron chi connectivity index (χ0n) is 14.4. The van der Waals surface area contributed by atoms with E-state index in [9.17, 15) is 18.0 Å². The molecule has 2 aromatic heterocycles. The van der Waals surface area contributed by atoms with Gasteiger partial charge in [0.05, 0.1) is 10.6 Å². The molecule has 0 N–H and O–H groups in total. The van der Waals surface area contributed by atoms with Crippen molar-refractivity contribution in [1.82, 2.24) is 19.9 Å². The van der Waals surface area contributed by atoms with Crippen LogP contribution in [0.4, 0.5) is 13.2 Å². The number of alkyl halides is 3. The highest BCUT2D eigenvalue weighted by Crippen LogP contribution is 2.31. The third kappa shape index (κ3) is 3.79. The Kier molecular flexibility index (Phi) is 4.71. The van der Waals surface area contributed by atoms with Gasteiger partial charge in [0, 0.05) is 11.1 Å². The minimum Gasteiger partial charge on any atom is -0.337 e. The molecule has 29 heavy (non-hydrogen) atoms. The molecule has 4 rings (SSSR count). The van der Waals surface area contributed by atoms with Gasteiger partial charge in [0.25, 0.3) is 0 Å². The highest BCUT2D eigenvalue weighted by atomic mass is 35.5. The zero-order chi connectivity index (χ0) is 20.6. The Balaban J connectivity index is 1.66. The highest BCUT2D eigenvalue weighted by Gasteiger charge is 2.30. The van der Waals surface area contributed by atoms with Gasteiger partial charge in [0.2, 0.25) is 11.7 Å². The Morgan fingerprint density at radius 2 is 1.83 bits per heavy atom. The fourth-order valence-electron chi connectivity index (χ4n) is 2.65. The van der Waals surface area contributed by atoms with Crippen LogP contribution in [0.1, 0.15) is 11.5 Å². The third-order valence-corrected chi connectivity index (χ3v) is 4.34. The van der Waals surface area contributed by atoms with Crippen LogP contribution in [0, 0.1) is 0 Å². The summed E-state index contributed by atoms with van der Waals surface area (Å²) in [5.41, 5.74) is -0.255. The van der Waals surface area contributed by atoms with E-state index in [0.29, 0.717) is 10.6 Å². The quantitative estimate of drug-likeness (QED) is 0.488. The molecule has 0 aliphatic carbocycles. The van der Waals surface area contributed by atoms with Crippen LogP contribution < -0.4 is 5.76 Å². The van der Waals surface area contributed by atoms with Crippen molar-refractivity contribution in [2.24, 2.45) is 0 Å². The first kappa shape index (κ1) is 18.9. The smallest absolute Gasteiger partial charge is 0.337 e. The van der Waals surface area contributed by atoms with Gasteiger partial charge in [-0.2, -0.15) is 18.2 Å². The number of aromatic nitrogens is 4. The highest BCUT2D eigenvalue weighted by molar-refractivity contribution is 6.33. The van der Waals surface area contributed by atoms with Crippen molar-refractivity contribution in [3.8, 4) is 22.8 Å².